The number of fused-ring (bicyclic) bond motifs is 2. The summed E-state index contributed by atoms with van der Waals surface area (Å²) in [4.78, 5) is 22.7. The van der Waals surface area contributed by atoms with Gasteiger partial charge in [-0.25, -0.2) is 4.98 Å². The third kappa shape index (κ3) is 4.80. The summed E-state index contributed by atoms with van der Waals surface area (Å²) < 4.78 is 19.2. The number of nitrogens with zero attached hydrogens (tertiary/aromatic N) is 4. The van der Waals surface area contributed by atoms with Gasteiger partial charge < -0.3 is 24.0 Å². The maximum Gasteiger partial charge on any atom is 0.269 e. The van der Waals surface area contributed by atoms with Crippen molar-refractivity contribution in [3.05, 3.63) is 102 Å². The van der Waals surface area contributed by atoms with Gasteiger partial charge in [-0.3, -0.25) is 9.36 Å². The van der Waals surface area contributed by atoms with E-state index >= 15 is 0 Å². The first-order valence-corrected chi connectivity index (χ1v) is 14.1. The maximum absolute atomic E-state index is 14.3. The normalized spacial score (nSPS) is 19.6. The number of methoxy groups -OCH3 is 2. The number of carbonyl (C=O) groups excluding carboxylic acids is 1. The molecule has 1 aromatic heterocycles. The zero-order valence-electron chi connectivity index (χ0n) is 23.3. The summed E-state index contributed by atoms with van der Waals surface area (Å²) in [5, 5.41) is 0.285. The van der Waals surface area contributed by atoms with Crippen LogP contribution in [0.4, 0.5) is 11.4 Å². The Hall–Kier alpha value is -4.37. The molecule has 3 unspecified atom stereocenters. The van der Waals surface area contributed by atoms with Gasteiger partial charge in [0.2, 0.25) is 0 Å². The van der Waals surface area contributed by atoms with Gasteiger partial charge in [0.1, 0.15) is 12.4 Å². The van der Waals surface area contributed by atoms with Crippen LogP contribution >= 0.6 is 12.2 Å². The first-order valence-electron chi connectivity index (χ1n) is 13.7. The number of ether oxygens (including phenoxy) is 3. The molecule has 1 amide bonds. The fourth-order valence-corrected chi connectivity index (χ4v) is 6.29. The second-order valence-electron chi connectivity index (χ2n) is 10.2. The summed E-state index contributed by atoms with van der Waals surface area (Å²) >= 11 is 5.75. The standard InChI is InChI=1S/C32H32N4O4S/c1-21-30(40-32(41)34-18-16-33-20-34)29(35-17-8-10-22-9-4-6-12-25(22)35)24-11-5-7-13-26(24)36(21)31(37)23-14-15-27(38-2)28(19-23)39-3/h4-7,9,11-16,18-21,29-30H,8,10,17H2,1-3H3. The van der Waals surface area contributed by atoms with E-state index < -0.39 is 6.10 Å². The van der Waals surface area contributed by atoms with Crippen LogP contribution in [-0.4, -0.2) is 53.5 Å². The summed E-state index contributed by atoms with van der Waals surface area (Å²) in [7, 11) is 3.14. The average molecular weight is 569 g/mol. The number of aryl methyl sites for hydroxylation is 1. The van der Waals surface area contributed by atoms with Gasteiger partial charge in [-0.2, -0.15) is 0 Å². The minimum Gasteiger partial charge on any atom is -0.493 e. The Morgan fingerprint density at radius 3 is 2.49 bits per heavy atom. The lowest BCUT2D eigenvalue weighted by molar-refractivity contribution is 0.0869. The summed E-state index contributed by atoms with van der Waals surface area (Å²) in [5.41, 5.74) is 4.84. The van der Waals surface area contributed by atoms with Crippen molar-refractivity contribution in [3.63, 3.8) is 0 Å². The Morgan fingerprint density at radius 2 is 1.73 bits per heavy atom. The molecule has 6 rings (SSSR count). The predicted molar refractivity (Wildman–Crippen MR) is 162 cm³/mol. The van der Waals surface area contributed by atoms with Crippen molar-refractivity contribution in [2.75, 3.05) is 30.6 Å². The van der Waals surface area contributed by atoms with E-state index in [0.29, 0.717) is 17.1 Å². The number of thiocarbonyl (C=S) groups is 1. The minimum atomic E-state index is -0.477. The van der Waals surface area contributed by atoms with Gasteiger partial charge in [0.25, 0.3) is 11.1 Å². The van der Waals surface area contributed by atoms with Gasteiger partial charge >= 0.3 is 0 Å². The van der Waals surface area contributed by atoms with Crippen LogP contribution in [0.25, 0.3) is 0 Å². The van der Waals surface area contributed by atoms with Crippen molar-refractivity contribution in [3.8, 4) is 11.5 Å². The Labute approximate surface area is 245 Å². The van der Waals surface area contributed by atoms with Crippen molar-refractivity contribution >= 4 is 34.7 Å². The molecule has 0 saturated heterocycles. The van der Waals surface area contributed by atoms with Crippen LogP contribution in [0.15, 0.2) is 85.5 Å². The lowest BCUT2D eigenvalue weighted by Crippen LogP contribution is -2.57. The van der Waals surface area contributed by atoms with Crippen molar-refractivity contribution < 1.29 is 19.0 Å². The summed E-state index contributed by atoms with van der Waals surface area (Å²) in [6, 6.07) is 21.3. The molecule has 2 aliphatic rings. The highest BCUT2D eigenvalue weighted by Gasteiger charge is 2.47. The highest BCUT2D eigenvalue weighted by molar-refractivity contribution is 7.80. The molecule has 41 heavy (non-hydrogen) atoms. The van der Waals surface area contributed by atoms with Gasteiger partial charge in [0, 0.05) is 41.4 Å². The fourth-order valence-electron chi connectivity index (χ4n) is 6.07. The van der Waals surface area contributed by atoms with E-state index in [1.54, 1.807) is 55.7 Å². The lowest BCUT2D eigenvalue weighted by atomic mass is 9.85. The minimum absolute atomic E-state index is 0.162. The molecule has 9 heteroatoms. The van der Waals surface area contributed by atoms with Crippen molar-refractivity contribution in [1.82, 2.24) is 9.55 Å². The number of amides is 1. The van der Waals surface area contributed by atoms with Gasteiger partial charge in [0.05, 0.1) is 26.3 Å². The molecule has 0 saturated carbocycles. The van der Waals surface area contributed by atoms with E-state index in [9.17, 15) is 4.79 Å². The first kappa shape index (κ1) is 26.8. The van der Waals surface area contributed by atoms with Gasteiger partial charge in [0.15, 0.2) is 11.5 Å². The Bertz CT molecular complexity index is 1570. The summed E-state index contributed by atoms with van der Waals surface area (Å²) in [6.45, 7) is 2.89. The molecule has 0 radical (unpaired) electrons. The molecule has 210 valence electrons. The fraction of sp³-hybridized carbons (Fsp3) is 0.281. The number of carbonyl (C=O) groups is 1. The molecule has 3 heterocycles. The lowest BCUT2D eigenvalue weighted by Gasteiger charge is -2.50. The van der Waals surface area contributed by atoms with Crippen LogP contribution in [0, 0.1) is 0 Å². The Morgan fingerprint density at radius 1 is 0.976 bits per heavy atom. The molecule has 0 bridgehead atoms. The second kappa shape index (κ2) is 11.2. The molecule has 3 aromatic carbocycles. The number of benzene rings is 3. The zero-order chi connectivity index (χ0) is 28.5. The molecular weight excluding hydrogens is 536 g/mol. The molecule has 0 spiro atoms. The van der Waals surface area contributed by atoms with E-state index in [4.69, 9.17) is 26.4 Å². The number of aromatic nitrogens is 2. The van der Waals surface area contributed by atoms with Gasteiger partial charge in [-0.1, -0.05) is 36.4 Å². The zero-order valence-corrected chi connectivity index (χ0v) is 24.1. The van der Waals surface area contributed by atoms with E-state index in [2.05, 4.69) is 40.2 Å². The molecule has 4 aromatic rings. The molecule has 2 aliphatic heterocycles. The van der Waals surface area contributed by atoms with E-state index in [1.807, 2.05) is 30.0 Å². The maximum atomic E-state index is 14.3. The van der Waals surface area contributed by atoms with E-state index in [1.165, 1.54) is 11.3 Å². The quantitative estimate of drug-likeness (QED) is 0.288. The van der Waals surface area contributed by atoms with Gasteiger partial charge in [-0.15, -0.1) is 0 Å². The first-order chi connectivity index (χ1) is 20.0. The van der Waals surface area contributed by atoms with Crippen LogP contribution in [0.5, 0.6) is 11.5 Å². The van der Waals surface area contributed by atoms with Crippen LogP contribution in [0.2, 0.25) is 0 Å². The number of imidazole rings is 1. The van der Waals surface area contributed by atoms with Crippen molar-refractivity contribution in [2.24, 2.45) is 0 Å². The molecular formula is C32H32N4O4S. The molecule has 3 atom stereocenters. The highest BCUT2D eigenvalue weighted by Crippen LogP contribution is 2.46. The molecule has 0 N–H and O–H groups in total. The summed E-state index contributed by atoms with van der Waals surface area (Å²) in [6.07, 6.45) is 6.63. The van der Waals surface area contributed by atoms with Crippen molar-refractivity contribution in [1.29, 1.82) is 0 Å². The number of rotatable bonds is 5. The predicted octanol–water partition coefficient (Wildman–Crippen LogP) is 5.66. The molecule has 0 fully saturated rings. The van der Waals surface area contributed by atoms with Crippen LogP contribution in [0.1, 0.15) is 40.9 Å². The number of anilines is 2. The topological polar surface area (TPSA) is 69.1 Å². The van der Waals surface area contributed by atoms with Crippen molar-refractivity contribution in [2.45, 2.75) is 38.0 Å². The third-order valence-corrected chi connectivity index (χ3v) is 8.30. The van der Waals surface area contributed by atoms with E-state index in [0.717, 1.165) is 30.6 Å². The molecule has 0 aliphatic carbocycles. The number of hydrogen-bond donors (Lipinski definition) is 0. The van der Waals surface area contributed by atoms with Crippen LogP contribution in [-0.2, 0) is 11.2 Å². The number of hydrogen-bond acceptors (Lipinski definition) is 7. The van der Waals surface area contributed by atoms with Crippen LogP contribution < -0.4 is 19.3 Å². The monoisotopic (exact) mass is 568 g/mol. The average Bonchev–Trinajstić information content (AvgIpc) is 3.56. The van der Waals surface area contributed by atoms with E-state index in [-0.39, 0.29) is 23.2 Å². The Kier molecular flexibility index (Phi) is 7.36. The smallest absolute Gasteiger partial charge is 0.269 e. The highest BCUT2D eigenvalue weighted by atomic mass is 32.1. The third-order valence-electron chi connectivity index (χ3n) is 7.99. The van der Waals surface area contributed by atoms with Gasteiger partial charge in [-0.05, 0) is 67.9 Å². The summed E-state index contributed by atoms with van der Waals surface area (Å²) in [5.74, 6) is 0.894. The molecule has 8 nitrogen and oxygen atoms in total. The SMILES string of the molecule is COc1ccc(C(=O)N2c3ccccc3C(N3CCCc4ccccc43)C(OC(=S)n3ccnc3)C2C)cc1OC. The van der Waals surface area contributed by atoms with Crippen LogP contribution in [0.3, 0.4) is 0 Å². The number of para-hydroxylation sites is 2. The largest absolute Gasteiger partial charge is 0.493 e. The Balaban J connectivity index is 1.48. The second-order valence-corrected chi connectivity index (χ2v) is 10.6.